The molecule has 0 aromatic heterocycles. The van der Waals surface area contributed by atoms with Crippen molar-refractivity contribution in [1.82, 2.24) is 15.8 Å². The predicted octanol–water partition coefficient (Wildman–Crippen LogP) is 0.391. The fourth-order valence-electron chi connectivity index (χ4n) is 2.41. The van der Waals surface area contributed by atoms with E-state index in [0.717, 1.165) is 5.01 Å². The van der Waals surface area contributed by atoms with Gasteiger partial charge in [-0.25, -0.2) is 4.79 Å². The number of non-ortho nitro benzene ring substituents is 1. The Labute approximate surface area is 177 Å². The van der Waals surface area contributed by atoms with Crippen LogP contribution in [0.1, 0.15) is 26.7 Å². The standard InChI is InChI=1S/C18H25N5O8/c1-11(2)9-14(20-18(27)28)17(26)21-22(8-7-15(19)24)16(25)10-31-13-5-3-12(4-6-13)23(29)30/h3-6,11,14,20H,7-10H2,1-2H3,(H2,19,24)(H,21,26)(H,27,28). The minimum absolute atomic E-state index is 0.0251. The molecule has 0 heterocycles. The van der Waals surface area contributed by atoms with Crippen LogP contribution >= 0.6 is 0 Å². The van der Waals surface area contributed by atoms with Crippen LogP contribution in [0.3, 0.4) is 0 Å². The molecule has 0 saturated carbocycles. The third kappa shape index (κ3) is 9.43. The minimum atomic E-state index is -1.41. The first-order valence-electron chi connectivity index (χ1n) is 9.25. The number of nitrogens with one attached hydrogen (secondary N) is 2. The van der Waals surface area contributed by atoms with E-state index in [0.29, 0.717) is 0 Å². The minimum Gasteiger partial charge on any atom is -0.484 e. The fraction of sp³-hybridized carbons (Fsp3) is 0.444. The SMILES string of the molecule is CC(C)CC(NC(=O)O)C(=O)NN(CCC(N)=O)C(=O)COc1ccc([N+](=O)[O-])cc1. The fourth-order valence-corrected chi connectivity index (χ4v) is 2.41. The number of hydrogen-bond acceptors (Lipinski definition) is 7. The molecule has 170 valence electrons. The number of hydrogen-bond donors (Lipinski definition) is 4. The third-order valence-corrected chi connectivity index (χ3v) is 3.86. The number of nitrogens with zero attached hydrogens (tertiary/aromatic N) is 2. The molecule has 1 aromatic carbocycles. The first kappa shape index (κ1) is 25.1. The maximum Gasteiger partial charge on any atom is 0.405 e. The first-order chi connectivity index (χ1) is 14.5. The van der Waals surface area contributed by atoms with E-state index in [2.05, 4.69) is 10.7 Å². The Bertz CT molecular complexity index is 812. The van der Waals surface area contributed by atoms with Crippen molar-refractivity contribution in [2.45, 2.75) is 32.7 Å². The highest BCUT2D eigenvalue weighted by molar-refractivity contribution is 5.88. The molecule has 4 amide bonds. The van der Waals surface area contributed by atoms with Crippen LogP contribution < -0.4 is 21.2 Å². The van der Waals surface area contributed by atoms with Gasteiger partial charge in [0.15, 0.2) is 6.61 Å². The van der Waals surface area contributed by atoms with Gasteiger partial charge in [0.1, 0.15) is 11.8 Å². The Morgan fingerprint density at radius 2 is 1.84 bits per heavy atom. The van der Waals surface area contributed by atoms with Gasteiger partial charge in [0.2, 0.25) is 5.91 Å². The van der Waals surface area contributed by atoms with Gasteiger partial charge >= 0.3 is 6.09 Å². The second-order valence-electron chi connectivity index (χ2n) is 6.91. The van der Waals surface area contributed by atoms with Gasteiger partial charge in [0, 0.05) is 18.6 Å². The van der Waals surface area contributed by atoms with Crippen LogP contribution in [0.4, 0.5) is 10.5 Å². The lowest BCUT2D eigenvalue weighted by Gasteiger charge is -2.26. The molecule has 1 unspecified atom stereocenters. The highest BCUT2D eigenvalue weighted by Crippen LogP contribution is 2.17. The van der Waals surface area contributed by atoms with Crippen molar-refractivity contribution in [3.63, 3.8) is 0 Å². The molecule has 5 N–H and O–H groups in total. The van der Waals surface area contributed by atoms with Crippen LogP contribution in [0.15, 0.2) is 24.3 Å². The average Bonchev–Trinajstić information content (AvgIpc) is 2.68. The number of amides is 4. The first-order valence-corrected chi connectivity index (χ1v) is 9.25. The number of ether oxygens (including phenoxy) is 1. The molecule has 13 nitrogen and oxygen atoms in total. The molecule has 0 bridgehead atoms. The predicted molar refractivity (Wildman–Crippen MR) is 107 cm³/mol. The molecule has 0 aliphatic heterocycles. The normalized spacial score (nSPS) is 11.3. The zero-order valence-electron chi connectivity index (χ0n) is 17.1. The number of benzene rings is 1. The van der Waals surface area contributed by atoms with E-state index in [1.54, 1.807) is 13.8 Å². The average molecular weight is 439 g/mol. The molecule has 0 fully saturated rings. The molecule has 1 rings (SSSR count). The molecule has 31 heavy (non-hydrogen) atoms. The molecule has 0 radical (unpaired) electrons. The summed E-state index contributed by atoms with van der Waals surface area (Å²) in [5.41, 5.74) is 7.23. The maximum absolute atomic E-state index is 12.5. The summed E-state index contributed by atoms with van der Waals surface area (Å²) >= 11 is 0. The number of nitro groups is 1. The van der Waals surface area contributed by atoms with Crippen LogP contribution in [0.25, 0.3) is 0 Å². The summed E-state index contributed by atoms with van der Waals surface area (Å²) in [4.78, 5) is 57.1. The van der Waals surface area contributed by atoms with Crippen molar-refractivity contribution in [2.24, 2.45) is 11.7 Å². The zero-order chi connectivity index (χ0) is 23.6. The Balaban J connectivity index is 2.83. The summed E-state index contributed by atoms with van der Waals surface area (Å²) < 4.78 is 5.27. The van der Waals surface area contributed by atoms with Gasteiger partial charge in [-0.1, -0.05) is 13.8 Å². The lowest BCUT2D eigenvalue weighted by Crippen LogP contribution is -2.55. The number of carboxylic acid groups (broad SMARTS) is 1. The van der Waals surface area contributed by atoms with Crippen molar-refractivity contribution < 1.29 is 33.9 Å². The number of primary amides is 1. The molecule has 0 aliphatic carbocycles. The van der Waals surface area contributed by atoms with Crippen molar-refractivity contribution in [1.29, 1.82) is 0 Å². The smallest absolute Gasteiger partial charge is 0.405 e. The van der Waals surface area contributed by atoms with Crippen LogP contribution in [0.2, 0.25) is 0 Å². The molecule has 13 heteroatoms. The molecule has 0 aliphatic rings. The Morgan fingerprint density at radius 3 is 2.32 bits per heavy atom. The molecule has 1 atom stereocenters. The summed E-state index contributed by atoms with van der Waals surface area (Å²) in [5.74, 6) is -2.10. The molecular formula is C18H25N5O8. The van der Waals surface area contributed by atoms with Crippen molar-refractivity contribution in [3.8, 4) is 5.75 Å². The topological polar surface area (TPSA) is 194 Å². The summed E-state index contributed by atoms with van der Waals surface area (Å²) in [6, 6.07) is 3.86. The Kier molecular flexibility index (Phi) is 9.69. The van der Waals surface area contributed by atoms with E-state index in [1.807, 2.05) is 0 Å². The Morgan fingerprint density at radius 1 is 1.23 bits per heavy atom. The number of carbonyl (C=O) groups excluding carboxylic acids is 3. The van der Waals surface area contributed by atoms with Gasteiger partial charge < -0.3 is 20.9 Å². The lowest BCUT2D eigenvalue weighted by atomic mass is 10.0. The van der Waals surface area contributed by atoms with Gasteiger partial charge in [0.05, 0.1) is 11.5 Å². The van der Waals surface area contributed by atoms with Crippen LogP contribution in [-0.2, 0) is 14.4 Å². The lowest BCUT2D eigenvalue weighted by molar-refractivity contribution is -0.384. The summed E-state index contributed by atoms with van der Waals surface area (Å²) in [6.07, 6.45) is -1.49. The summed E-state index contributed by atoms with van der Waals surface area (Å²) in [7, 11) is 0. The van der Waals surface area contributed by atoms with E-state index in [-0.39, 0.29) is 36.7 Å². The number of hydrazine groups is 1. The van der Waals surface area contributed by atoms with E-state index in [9.17, 15) is 29.3 Å². The van der Waals surface area contributed by atoms with E-state index < -0.39 is 41.4 Å². The van der Waals surface area contributed by atoms with Gasteiger partial charge in [-0.05, 0) is 24.5 Å². The summed E-state index contributed by atoms with van der Waals surface area (Å²) in [5, 5.41) is 22.5. The zero-order valence-corrected chi connectivity index (χ0v) is 17.1. The van der Waals surface area contributed by atoms with Gasteiger partial charge in [-0.15, -0.1) is 0 Å². The van der Waals surface area contributed by atoms with Crippen LogP contribution in [0.5, 0.6) is 5.75 Å². The largest absolute Gasteiger partial charge is 0.484 e. The van der Waals surface area contributed by atoms with E-state index in [1.165, 1.54) is 24.3 Å². The molecule has 1 aromatic rings. The number of nitro benzene ring substituents is 1. The molecular weight excluding hydrogens is 414 g/mol. The highest BCUT2D eigenvalue weighted by atomic mass is 16.6. The van der Waals surface area contributed by atoms with Crippen molar-refractivity contribution in [3.05, 3.63) is 34.4 Å². The Hall–Kier alpha value is -3.90. The highest BCUT2D eigenvalue weighted by Gasteiger charge is 2.26. The van der Waals surface area contributed by atoms with Crippen molar-refractivity contribution >= 4 is 29.5 Å². The summed E-state index contributed by atoms with van der Waals surface area (Å²) in [6.45, 7) is 2.76. The van der Waals surface area contributed by atoms with Crippen LogP contribution in [-0.4, -0.2) is 58.0 Å². The van der Waals surface area contributed by atoms with Gasteiger partial charge in [-0.2, -0.15) is 0 Å². The number of carbonyl (C=O) groups is 4. The molecule has 0 spiro atoms. The van der Waals surface area contributed by atoms with Crippen LogP contribution in [0, 0.1) is 16.0 Å². The van der Waals surface area contributed by atoms with Crippen molar-refractivity contribution in [2.75, 3.05) is 13.2 Å². The molecule has 0 saturated heterocycles. The van der Waals surface area contributed by atoms with Gasteiger partial charge in [0.25, 0.3) is 17.5 Å². The second kappa shape index (κ2) is 11.9. The maximum atomic E-state index is 12.5. The third-order valence-electron chi connectivity index (χ3n) is 3.86. The van der Waals surface area contributed by atoms with Gasteiger partial charge in [-0.3, -0.25) is 34.9 Å². The number of nitrogens with two attached hydrogens (primary N) is 1. The second-order valence-corrected chi connectivity index (χ2v) is 6.91. The van der Waals surface area contributed by atoms with E-state index in [4.69, 9.17) is 15.6 Å². The monoisotopic (exact) mass is 439 g/mol. The van der Waals surface area contributed by atoms with E-state index >= 15 is 0 Å². The quantitative estimate of drug-likeness (QED) is 0.281. The number of rotatable bonds is 11.